The van der Waals surface area contributed by atoms with Crippen molar-refractivity contribution in [3.05, 3.63) is 44.8 Å². The maximum absolute atomic E-state index is 12.3. The van der Waals surface area contributed by atoms with Gasteiger partial charge < -0.3 is 4.98 Å². The van der Waals surface area contributed by atoms with Gasteiger partial charge in [0.25, 0.3) is 5.91 Å². The SMILES string of the molecule is O=C(Nc1nccs1)c1c[nH]c2c(c1=O)C(=O)CCC2. The van der Waals surface area contributed by atoms with Crippen LogP contribution >= 0.6 is 11.3 Å². The summed E-state index contributed by atoms with van der Waals surface area (Å²) in [6.07, 6.45) is 4.66. The first-order chi connectivity index (χ1) is 9.66. The van der Waals surface area contributed by atoms with Crippen LogP contribution in [0.15, 0.2) is 22.6 Å². The van der Waals surface area contributed by atoms with Crippen molar-refractivity contribution >= 4 is 28.2 Å². The molecule has 7 heteroatoms. The lowest BCUT2D eigenvalue weighted by Gasteiger charge is -2.14. The Hall–Kier alpha value is -2.28. The molecule has 0 unspecified atom stereocenters. The van der Waals surface area contributed by atoms with Gasteiger partial charge in [0.15, 0.2) is 10.9 Å². The summed E-state index contributed by atoms with van der Waals surface area (Å²) in [4.78, 5) is 43.0. The van der Waals surface area contributed by atoms with E-state index in [4.69, 9.17) is 0 Å². The van der Waals surface area contributed by atoms with Crippen molar-refractivity contribution in [3.63, 3.8) is 0 Å². The fourth-order valence-corrected chi connectivity index (χ4v) is 2.75. The summed E-state index contributed by atoms with van der Waals surface area (Å²) in [6.45, 7) is 0. The summed E-state index contributed by atoms with van der Waals surface area (Å²) in [7, 11) is 0. The Morgan fingerprint density at radius 1 is 1.35 bits per heavy atom. The third-order valence-electron chi connectivity index (χ3n) is 3.17. The van der Waals surface area contributed by atoms with Gasteiger partial charge in [-0.05, 0) is 12.8 Å². The van der Waals surface area contributed by atoms with Crippen LogP contribution in [0.5, 0.6) is 0 Å². The number of amides is 1. The van der Waals surface area contributed by atoms with Crippen LogP contribution in [-0.2, 0) is 6.42 Å². The molecule has 0 spiro atoms. The molecule has 0 saturated heterocycles. The standard InChI is InChI=1S/C13H11N3O3S/c17-9-3-1-2-8-10(9)11(18)7(6-15-8)12(19)16-13-14-4-5-20-13/h4-6H,1-3H2,(H,15,18)(H,14,16,19). The molecule has 0 radical (unpaired) electrons. The third-order valence-corrected chi connectivity index (χ3v) is 3.86. The molecule has 0 atom stereocenters. The lowest BCUT2D eigenvalue weighted by atomic mass is 9.93. The van der Waals surface area contributed by atoms with Gasteiger partial charge in [0, 0.05) is 29.9 Å². The molecule has 20 heavy (non-hydrogen) atoms. The molecule has 2 N–H and O–H groups in total. The Labute approximate surface area is 117 Å². The van der Waals surface area contributed by atoms with Crippen molar-refractivity contribution in [2.45, 2.75) is 19.3 Å². The van der Waals surface area contributed by atoms with E-state index in [0.29, 0.717) is 23.7 Å². The highest BCUT2D eigenvalue weighted by Crippen LogP contribution is 2.17. The van der Waals surface area contributed by atoms with E-state index in [0.717, 1.165) is 6.42 Å². The highest BCUT2D eigenvalue weighted by atomic mass is 32.1. The third kappa shape index (κ3) is 2.16. The number of aromatic nitrogens is 2. The van der Waals surface area contributed by atoms with E-state index in [1.807, 2.05) is 0 Å². The highest BCUT2D eigenvalue weighted by molar-refractivity contribution is 7.13. The Morgan fingerprint density at radius 2 is 2.20 bits per heavy atom. The number of ketones is 1. The number of fused-ring (bicyclic) bond motifs is 1. The summed E-state index contributed by atoms with van der Waals surface area (Å²) in [6, 6.07) is 0. The molecule has 102 valence electrons. The minimum atomic E-state index is -0.553. The summed E-state index contributed by atoms with van der Waals surface area (Å²) in [5, 5.41) is 4.67. The first-order valence-electron chi connectivity index (χ1n) is 6.15. The number of aromatic amines is 1. The number of hydrogen-bond donors (Lipinski definition) is 2. The second-order valence-electron chi connectivity index (χ2n) is 4.45. The average Bonchev–Trinajstić information content (AvgIpc) is 2.91. The number of H-pyrrole nitrogens is 1. The molecular formula is C13H11N3O3S. The van der Waals surface area contributed by atoms with Crippen LogP contribution in [0, 0.1) is 0 Å². The summed E-state index contributed by atoms with van der Waals surface area (Å²) >= 11 is 1.26. The summed E-state index contributed by atoms with van der Waals surface area (Å²) in [5.41, 5.74) is 0.187. The zero-order valence-electron chi connectivity index (χ0n) is 10.4. The number of pyridine rings is 1. The second-order valence-corrected chi connectivity index (χ2v) is 5.35. The number of Topliss-reactive ketones (excluding diaryl/α,β-unsaturated/α-hetero) is 1. The van der Waals surface area contributed by atoms with Crippen molar-refractivity contribution in [1.82, 2.24) is 9.97 Å². The molecule has 1 aliphatic carbocycles. The van der Waals surface area contributed by atoms with Crippen molar-refractivity contribution in [2.24, 2.45) is 0 Å². The predicted octanol–water partition coefficient (Wildman–Crippen LogP) is 1.60. The zero-order chi connectivity index (χ0) is 14.1. The molecular weight excluding hydrogens is 278 g/mol. The van der Waals surface area contributed by atoms with Gasteiger partial charge >= 0.3 is 0 Å². The first-order valence-corrected chi connectivity index (χ1v) is 7.03. The lowest BCUT2D eigenvalue weighted by Crippen LogP contribution is -2.30. The minimum absolute atomic E-state index is 0.0609. The van der Waals surface area contributed by atoms with E-state index in [1.54, 1.807) is 11.6 Å². The number of carbonyl (C=O) groups is 2. The van der Waals surface area contributed by atoms with Crippen LogP contribution in [0.3, 0.4) is 0 Å². The van der Waals surface area contributed by atoms with E-state index in [-0.39, 0.29) is 16.9 Å². The monoisotopic (exact) mass is 289 g/mol. The van der Waals surface area contributed by atoms with E-state index in [2.05, 4.69) is 15.3 Å². The molecule has 3 rings (SSSR count). The molecule has 0 fully saturated rings. The van der Waals surface area contributed by atoms with Gasteiger partial charge in [0.1, 0.15) is 5.56 Å². The van der Waals surface area contributed by atoms with Crippen LogP contribution in [0.25, 0.3) is 0 Å². The zero-order valence-corrected chi connectivity index (χ0v) is 11.3. The van der Waals surface area contributed by atoms with E-state index < -0.39 is 11.3 Å². The molecule has 0 saturated carbocycles. The molecule has 0 aliphatic heterocycles. The van der Waals surface area contributed by atoms with Crippen LogP contribution in [-0.4, -0.2) is 21.7 Å². The van der Waals surface area contributed by atoms with Crippen LogP contribution in [0.2, 0.25) is 0 Å². The molecule has 2 aromatic heterocycles. The number of hydrogen-bond acceptors (Lipinski definition) is 5. The average molecular weight is 289 g/mol. The number of anilines is 1. The fraction of sp³-hybridized carbons (Fsp3) is 0.231. The molecule has 0 bridgehead atoms. The Kier molecular flexibility index (Phi) is 3.19. The minimum Gasteiger partial charge on any atom is -0.363 e. The number of nitrogens with one attached hydrogen (secondary N) is 2. The number of carbonyl (C=O) groups excluding carboxylic acids is 2. The van der Waals surface area contributed by atoms with Gasteiger partial charge in [0.05, 0.1) is 5.56 Å². The highest BCUT2D eigenvalue weighted by Gasteiger charge is 2.24. The van der Waals surface area contributed by atoms with E-state index in [9.17, 15) is 14.4 Å². The molecule has 1 aliphatic rings. The largest absolute Gasteiger partial charge is 0.363 e. The number of rotatable bonds is 2. The van der Waals surface area contributed by atoms with Crippen molar-refractivity contribution < 1.29 is 9.59 Å². The second kappa shape index (κ2) is 5.01. The van der Waals surface area contributed by atoms with E-state index >= 15 is 0 Å². The van der Waals surface area contributed by atoms with Gasteiger partial charge in [-0.15, -0.1) is 11.3 Å². The fourth-order valence-electron chi connectivity index (χ4n) is 2.23. The van der Waals surface area contributed by atoms with Crippen molar-refractivity contribution in [2.75, 3.05) is 5.32 Å². The van der Waals surface area contributed by atoms with Gasteiger partial charge in [-0.25, -0.2) is 4.98 Å². The number of aryl methyl sites for hydroxylation is 1. The summed E-state index contributed by atoms with van der Waals surface area (Å²) < 4.78 is 0. The Balaban J connectivity index is 1.99. The normalized spacial score (nSPS) is 13.9. The molecule has 1 amide bonds. The van der Waals surface area contributed by atoms with Gasteiger partial charge in [0.2, 0.25) is 5.43 Å². The molecule has 6 nitrogen and oxygen atoms in total. The lowest BCUT2D eigenvalue weighted by molar-refractivity contribution is 0.0970. The first kappa shape index (κ1) is 12.7. The molecule has 2 heterocycles. The van der Waals surface area contributed by atoms with Crippen LogP contribution < -0.4 is 10.7 Å². The predicted molar refractivity (Wildman–Crippen MR) is 74.4 cm³/mol. The smallest absolute Gasteiger partial charge is 0.262 e. The topological polar surface area (TPSA) is 91.9 Å². The van der Waals surface area contributed by atoms with E-state index in [1.165, 1.54) is 17.5 Å². The maximum Gasteiger partial charge on any atom is 0.262 e. The van der Waals surface area contributed by atoms with Gasteiger partial charge in [-0.1, -0.05) is 0 Å². The van der Waals surface area contributed by atoms with Crippen molar-refractivity contribution in [3.8, 4) is 0 Å². The quantitative estimate of drug-likeness (QED) is 0.878. The van der Waals surface area contributed by atoms with Crippen LogP contribution in [0.1, 0.15) is 39.3 Å². The molecule has 2 aromatic rings. The van der Waals surface area contributed by atoms with Crippen LogP contribution in [0.4, 0.5) is 5.13 Å². The van der Waals surface area contributed by atoms with Gasteiger partial charge in [-0.2, -0.15) is 0 Å². The Bertz CT molecular complexity index is 734. The van der Waals surface area contributed by atoms with Gasteiger partial charge in [-0.3, -0.25) is 19.7 Å². The van der Waals surface area contributed by atoms with Crippen molar-refractivity contribution in [1.29, 1.82) is 0 Å². The number of thiazole rings is 1. The Morgan fingerprint density at radius 3 is 2.95 bits per heavy atom. The maximum atomic E-state index is 12.3. The molecule has 0 aromatic carbocycles. The summed E-state index contributed by atoms with van der Waals surface area (Å²) in [5.74, 6) is -0.751. The number of nitrogens with zero attached hydrogens (tertiary/aromatic N) is 1.